The van der Waals surface area contributed by atoms with E-state index in [9.17, 15) is 0 Å². The Morgan fingerprint density at radius 2 is 1.45 bits per heavy atom. The van der Waals surface area contributed by atoms with Crippen LogP contribution < -0.4 is 14.2 Å². The molecule has 0 aliphatic rings. The van der Waals surface area contributed by atoms with Crippen LogP contribution in [0.2, 0.25) is 0 Å². The second-order valence-corrected chi connectivity index (χ2v) is 4.65. The number of ether oxygens (including phenoxy) is 3. The first-order chi connectivity index (χ1) is 9.71. The van der Waals surface area contributed by atoms with Crippen LogP contribution >= 0.6 is 11.6 Å². The summed E-state index contributed by atoms with van der Waals surface area (Å²) < 4.78 is 15.9. The fourth-order valence-corrected chi connectivity index (χ4v) is 2.43. The Morgan fingerprint density at radius 3 is 2.10 bits per heavy atom. The van der Waals surface area contributed by atoms with Gasteiger partial charge in [0.2, 0.25) is 0 Å². The van der Waals surface area contributed by atoms with Gasteiger partial charge in [0.25, 0.3) is 0 Å². The average molecular weight is 293 g/mol. The predicted octanol–water partition coefficient (Wildman–Crippen LogP) is 4.04. The normalized spacial score (nSPS) is 11.8. The van der Waals surface area contributed by atoms with Crippen molar-refractivity contribution in [2.24, 2.45) is 0 Å². The molecule has 20 heavy (non-hydrogen) atoms. The van der Waals surface area contributed by atoms with Gasteiger partial charge in [-0.2, -0.15) is 0 Å². The number of hydrogen-bond donors (Lipinski definition) is 0. The molecule has 3 nitrogen and oxygen atoms in total. The highest BCUT2D eigenvalue weighted by atomic mass is 35.5. The van der Waals surface area contributed by atoms with Gasteiger partial charge >= 0.3 is 0 Å². The van der Waals surface area contributed by atoms with E-state index in [1.165, 1.54) is 0 Å². The summed E-state index contributed by atoms with van der Waals surface area (Å²) >= 11 is 6.59. The molecule has 0 N–H and O–H groups in total. The second kappa shape index (κ2) is 6.53. The molecule has 106 valence electrons. The molecular formula is C16H17ClO3. The summed E-state index contributed by atoms with van der Waals surface area (Å²) in [4.78, 5) is 0. The Balaban J connectivity index is 2.45. The first kappa shape index (κ1) is 14.5. The number of alkyl halides is 1. The van der Waals surface area contributed by atoms with Crippen LogP contribution in [0.15, 0.2) is 42.5 Å². The van der Waals surface area contributed by atoms with Gasteiger partial charge in [-0.1, -0.05) is 18.2 Å². The molecule has 0 fully saturated rings. The van der Waals surface area contributed by atoms with Gasteiger partial charge in [0.15, 0.2) is 0 Å². The Kier molecular flexibility index (Phi) is 4.74. The quantitative estimate of drug-likeness (QED) is 0.779. The van der Waals surface area contributed by atoms with E-state index in [4.69, 9.17) is 25.8 Å². The summed E-state index contributed by atoms with van der Waals surface area (Å²) in [6.45, 7) is 0. The van der Waals surface area contributed by atoms with E-state index in [0.717, 1.165) is 22.6 Å². The third kappa shape index (κ3) is 2.83. The molecule has 0 saturated carbocycles. The zero-order valence-electron chi connectivity index (χ0n) is 11.7. The molecule has 0 amide bonds. The molecule has 4 heteroatoms. The van der Waals surface area contributed by atoms with E-state index in [1.807, 2.05) is 42.5 Å². The standard InChI is InChI=1S/C16H17ClO3/c1-18-11-8-9-13(15(10-11)20-3)16(17)12-6-4-5-7-14(12)19-2/h4-10,16H,1-3H3. The highest BCUT2D eigenvalue weighted by Crippen LogP contribution is 2.40. The molecule has 2 rings (SSSR count). The molecule has 2 aromatic rings. The van der Waals surface area contributed by atoms with Crippen molar-refractivity contribution < 1.29 is 14.2 Å². The van der Waals surface area contributed by atoms with Crippen LogP contribution in [0.3, 0.4) is 0 Å². The van der Waals surface area contributed by atoms with E-state index < -0.39 is 0 Å². The van der Waals surface area contributed by atoms with Crippen LogP contribution in [0, 0.1) is 0 Å². The van der Waals surface area contributed by atoms with Gasteiger partial charge in [-0.3, -0.25) is 0 Å². The molecule has 0 aliphatic carbocycles. The number of para-hydroxylation sites is 1. The summed E-state index contributed by atoms with van der Waals surface area (Å²) in [6.07, 6.45) is 0. The number of halogens is 1. The lowest BCUT2D eigenvalue weighted by molar-refractivity contribution is 0.390. The molecule has 0 heterocycles. The first-order valence-corrected chi connectivity index (χ1v) is 6.63. The van der Waals surface area contributed by atoms with Crippen molar-refractivity contribution in [3.05, 3.63) is 53.6 Å². The minimum Gasteiger partial charge on any atom is -0.497 e. The van der Waals surface area contributed by atoms with Gasteiger partial charge in [0, 0.05) is 17.2 Å². The Labute approximate surface area is 124 Å². The Bertz CT molecular complexity index is 584. The Hall–Kier alpha value is -1.87. The van der Waals surface area contributed by atoms with E-state index in [1.54, 1.807) is 21.3 Å². The summed E-state index contributed by atoms with van der Waals surface area (Å²) in [5.74, 6) is 2.18. The number of rotatable bonds is 5. The van der Waals surface area contributed by atoms with Gasteiger partial charge in [-0.15, -0.1) is 11.6 Å². The molecule has 1 unspecified atom stereocenters. The van der Waals surface area contributed by atoms with Crippen LogP contribution in [-0.2, 0) is 0 Å². The summed E-state index contributed by atoms with van der Waals surface area (Å²) in [7, 11) is 4.87. The van der Waals surface area contributed by atoms with Gasteiger partial charge < -0.3 is 14.2 Å². The average Bonchev–Trinajstić information content (AvgIpc) is 2.53. The Morgan fingerprint density at radius 1 is 0.800 bits per heavy atom. The van der Waals surface area contributed by atoms with Crippen LogP contribution in [-0.4, -0.2) is 21.3 Å². The summed E-state index contributed by atoms with van der Waals surface area (Å²) in [6, 6.07) is 13.3. The van der Waals surface area contributed by atoms with Crippen LogP contribution in [0.4, 0.5) is 0 Å². The second-order valence-electron chi connectivity index (χ2n) is 4.21. The molecule has 0 spiro atoms. The molecular weight excluding hydrogens is 276 g/mol. The number of hydrogen-bond acceptors (Lipinski definition) is 3. The van der Waals surface area contributed by atoms with Gasteiger partial charge in [-0.05, 0) is 18.2 Å². The largest absolute Gasteiger partial charge is 0.497 e. The van der Waals surface area contributed by atoms with Crippen molar-refractivity contribution in [1.29, 1.82) is 0 Å². The fraction of sp³-hybridized carbons (Fsp3) is 0.250. The SMILES string of the molecule is COc1ccc(C(Cl)c2ccccc2OC)c(OC)c1. The molecule has 0 aromatic heterocycles. The molecule has 1 atom stereocenters. The highest BCUT2D eigenvalue weighted by molar-refractivity contribution is 6.23. The lowest BCUT2D eigenvalue weighted by Crippen LogP contribution is -2.00. The monoisotopic (exact) mass is 292 g/mol. The van der Waals surface area contributed by atoms with Crippen LogP contribution in [0.1, 0.15) is 16.5 Å². The highest BCUT2D eigenvalue weighted by Gasteiger charge is 2.19. The minimum absolute atomic E-state index is 0.355. The maximum absolute atomic E-state index is 6.59. The lowest BCUT2D eigenvalue weighted by atomic mass is 10.0. The lowest BCUT2D eigenvalue weighted by Gasteiger charge is -2.17. The summed E-state index contributed by atoms with van der Waals surface area (Å²) in [5.41, 5.74) is 1.78. The zero-order chi connectivity index (χ0) is 14.5. The third-order valence-electron chi connectivity index (χ3n) is 3.13. The zero-order valence-corrected chi connectivity index (χ0v) is 12.5. The maximum Gasteiger partial charge on any atom is 0.127 e. The van der Waals surface area contributed by atoms with E-state index in [0.29, 0.717) is 5.75 Å². The third-order valence-corrected chi connectivity index (χ3v) is 3.60. The molecule has 0 aliphatic heterocycles. The van der Waals surface area contributed by atoms with Crippen molar-refractivity contribution in [2.45, 2.75) is 5.38 Å². The predicted molar refractivity (Wildman–Crippen MR) is 80.2 cm³/mol. The van der Waals surface area contributed by atoms with Crippen LogP contribution in [0.25, 0.3) is 0 Å². The van der Waals surface area contributed by atoms with Crippen molar-refractivity contribution in [2.75, 3.05) is 21.3 Å². The molecule has 2 aromatic carbocycles. The summed E-state index contributed by atoms with van der Waals surface area (Å²) in [5, 5.41) is -0.355. The van der Waals surface area contributed by atoms with Crippen LogP contribution in [0.5, 0.6) is 17.2 Å². The smallest absolute Gasteiger partial charge is 0.127 e. The van der Waals surface area contributed by atoms with Gasteiger partial charge in [0.05, 0.1) is 26.7 Å². The number of methoxy groups -OCH3 is 3. The maximum atomic E-state index is 6.59. The number of benzene rings is 2. The van der Waals surface area contributed by atoms with Crippen molar-refractivity contribution in [3.63, 3.8) is 0 Å². The van der Waals surface area contributed by atoms with Crippen molar-refractivity contribution >= 4 is 11.6 Å². The van der Waals surface area contributed by atoms with Crippen molar-refractivity contribution in [3.8, 4) is 17.2 Å². The van der Waals surface area contributed by atoms with Gasteiger partial charge in [0.1, 0.15) is 17.2 Å². The topological polar surface area (TPSA) is 27.7 Å². The van der Waals surface area contributed by atoms with Gasteiger partial charge in [-0.25, -0.2) is 0 Å². The molecule has 0 saturated heterocycles. The van der Waals surface area contributed by atoms with Crippen molar-refractivity contribution in [1.82, 2.24) is 0 Å². The molecule has 0 bridgehead atoms. The van der Waals surface area contributed by atoms with E-state index in [-0.39, 0.29) is 5.38 Å². The van der Waals surface area contributed by atoms with E-state index >= 15 is 0 Å². The fourth-order valence-electron chi connectivity index (χ4n) is 2.07. The van der Waals surface area contributed by atoms with E-state index in [2.05, 4.69) is 0 Å². The first-order valence-electron chi connectivity index (χ1n) is 6.20. The minimum atomic E-state index is -0.355. The molecule has 0 radical (unpaired) electrons.